The van der Waals surface area contributed by atoms with Crippen molar-refractivity contribution in [1.82, 2.24) is 9.97 Å². The number of alkyl halides is 2. The van der Waals surface area contributed by atoms with E-state index in [2.05, 4.69) is 14.7 Å². The van der Waals surface area contributed by atoms with Crippen LogP contribution in [0.5, 0.6) is 11.5 Å². The Morgan fingerprint density at radius 3 is 1.72 bits per heavy atom. The van der Waals surface area contributed by atoms with Crippen LogP contribution in [0.2, 0.25) is 0 Å². The quantitative estimate of drug-likeness (QED) is 0.0793. The zero-order valence-electron chi connectivity index (χ0n) is 22.9. The minimum Gasteiger partial charge on any atom is -0.480 e. The van der Waals surface area contributed by atoms with Crippen LogP contribution in [0.15, 0.2) is 60.9 Å². The number of nitrogens with zero attached hydrogens (tertiary/aromatic N) is 4. The van der Waals surface area contributed by atoms with Crippen LogP contribution in [0, 0.1) is 20.2 Å². The number of halogens is 2. The van der Waals surface area contributed by atoms with Gasteiger partial charge < -0.3 is 29.5 Å². The molecule has 16 nitrogen and oxygen atoms in total. The van der Waals surface area contributed by atoms with Gasteiger partial charge in [-0.2, -0.15) is 0 Å². The number of carboxylic acid groups (broad SMARTS) is 1. The predicted molar refractivity (Wildman–Crippen MR) is 149 cm³/mol. The molecule has 4 rings (SSSR count). The van der Waals surface area contributed by atoms with Crippen molar-refractivity contribution in [2.45, 2.75) is 0 Å². The summed E-state index contributed by atoms with van der Waals surface area (Å²) in [5.41, 5.74) is 0.650. The van der Waals surface area contributed by atoms with Crippen LogP contribution in [0.25, 0.3) is 21.8 Å². The second-order valence-corrected chi connectivity index (χ2v) is 7.44. The number of hydrogen-bond acceptors (Lipinski definition) is 13. The van der Waals surface area contributed by atoms with Crippen molar-refractivity contribution in [2.75, 3.05) is 33.2 Å². The number of pyridine rings is 2. The average Bonchev–Trinajstić information content (AvgIpc) is 3.02. The number of aliphatic hydroxyl groups is 2. The van der Waals surface area contributed by atoms with Crippen LogP contribution in [0.3, 0.4) is 0 Å². The number of nitro benzene ring substituents is 2. The van der Waals surface area contributed by atoms with E-state index < -0.39 is 48.9 Å². The Balaban J connectivity index is 0.000000359. The molecule has 0 bridgehead atoms. The van der Waals surface area contributed by atoms with Gasteiger partial charge in [-0.3, -0.25) is 34.6 Å². The Kier molecular flexibility index (Phi) is 15.0. The number of non-ortho nitro benzene ring substituents is 2. The fourth-order valence-electron chi connectivity index (χ4n) is 3.08. The molecule has 3 N–H and O–H groups in total. The molecule has 2 heterocycles. The van der Waals surface area contributed by atoms with Crippen LogP contribution in [-0.4, -0.2) is 80.3 Å². The van der Waals surface area contributed by atoms with E-state index in [9.17, 15) is 29.4 Å². The number of hydrogen-bond donors (Lipinski definition) is 3. The van der Waals surface area contributed by atoms with Crippen LogP contribution < -0.4 is 9.47 Å². The molecule has 18 heteroatoms. The summed E-state index contributed by atoms with van der Waals surface area (Å²) >= 11 is 5.45. The first-order chi connectivity index (χ1) is 21.1. The number of carbonyl (C=O) groups is 2. The summed E-state index contributed by atoms with van der Waals surface area (Å²) in [6.45, 7) is -1.94. The zero-order valence-corrected chi connectivity index (χ0v) is 22.6. The number of carbonyl (C=O) groups excluding carboxylic acids is 1. The molecule has 0 aliphatic heterocycles. The fraction of sp³-hybridized carbons (Fsp3) is 0.200. The highest BCUT2D eigenvalue weighted by Gasteiger charge is 2.16. The number of aliphatic hydroxyl groups excluding tert-OH is 2. The van der Waals surface area contributed by atoms with Gasteiger partial charge in [0.25, 0.3) is 11.4 Å². The molecule has 0 saturated heterocycles. The lowest BCUT2D eigenvalue weighted by atomic mass is 10.1. The Hall–Kier alpha value is -5.26. The van der Waals surface area contributed by atoms with Gasteiger partial charge in [0.05, 0.1) is 29.1 Å². The van der Waals surface area contributed by atoms with Gasteiger partial charge in [0.15, 0.2) is 6.07 Å². The third-order valence-corrected chi connectivity index (χ3v) is 4.83. The predicted octanol–water partition coefficient (Wildman–Crippen LogP) is 3.38. The van der Waals surface area contributed by atoms with Crippen molar-refractivity contribution in [3.05, 3.63) is 81.2 Å². The number of nitro groups is 2. The number of ether oxygens (including phenoxy) is 3. The summed E-state index contributed by atoms with van der Waals surface area (Å²) in [4.78, 5) is 48.7. The van der Waals surface area contributed by atoms with Gasteiger partial charge in [-0.15, -0.1) is 0 Å². The van der Waals surface area contributed by atoms with Gasteiger partial charge in [0, 0.05) is 24.5 Å². The highest BCUT2D eigenvalue weighted by atomic mass is 35.5. The maximum atomic E-state index is 10.9. The molecule has 43 heavy (non-hydrogen) atoms. The van der Waals surface area contributed by atoms with Gasteiger partial charge in [-0.05, 0) is 36.4 Å². The maximum Gasteiger partial charge on any atom is 0.334 e. The highest BCUT2D eigenvalue weighted by molar-refractivity contribution is 6.17. The van der Waals surface area contributed by atoms with E-state index in [4.69, 9.17) is 42.6 Å². The van der Waals surface area contributed by atoms with E-state index in [0.29, 0.717) is 27.6 Å². The molecule has 0 fully saturated rings. The average molecular weight is 628 g/mol. The van der Waals surface area contributed by atoms with Gasteiger partial charge in [0.2, 0.25) is 6.79 Å². The van der Waals surface area contributed by atoms with Crippen LogP contribution in [0.4, 0.5) is 15.8 Å². The maximum absolute atomic E-state index is 10.9. The summed E-state index contributed by atoms with van der Waals surface area (Å²) in [5, 5.41) is 46.0. The molecule has 2 aromatic carbocycles. The van der Waals surface area contributed by atoms with E-state index in [-0.39, 0.29) is 23.2 Å². The number of carboxylic acids is 1. The van der Waals surface area contributed by atoms with Crippen molar-refractivity contribution in [1.29, 1.82) is 0 Å². The molecular formula is C25H24ClFN4O12. The number of esters is 1. The number of aromatic nitrogens is 2. The highest BCUT2D eigenvalue weighted by Crippen LogP contribution is 2.32. The monoisotopic (exact) mass is 627 g/mol. The lowest BCUT2D eigenvalue weighted by Crippen LogP contribution is -2.13. The topological polar surface area (TPSA) is 235 Å². The summed E-state index contributed by atoms with van der Waals surface area (Å²) in [5.74, 6) is -1.33. The molecule has 230 valence electrons. The van der Waals surface area contributed by atoms with Crippen molar-refractivity contribution >= 4 is 56.7 Å². The van der Waals surface area contributed by atoms with Gasteiger partial charge in [-0.25, -0.2) is 9.59 Å². The number of rotatable bonds is 9. The third kappa shape index (κ3) is 10.9. The first-order valence-electron chi connectivity index (χ1n) is 12.1. The molecule has 0 saturated carbocycles. The van der Waals surface area contributed by atoms with Crippen molar-refractivity contribution < 1.29 is 54.7 Å². The molecular weight excluding hydrogens is 603 g/mol. The molecule has 0 spiro atoms. The fourth-order valence-corrected chi connectivity index (χ4v) is 3.20. The Morgan fingerprint density at radius 1 is 0.907 bits per heavy atom. The summed E-state index contributed by atoms with van der Waals surface area (Å²) < 4.78 is 30.4. The first-order valence-corrected chi connectivity index (χ1v) is 11.9. The minimum atomic E-state index is -1.19. The Morgan fingerprint density at radius 2 is 1.35 bits per heavy atom. The number of fused-ring (bicyclic) bond motifs is 2. The van der Waals surface area contributed by atoms with E-state index in [0.717, 1.165) is 0 Å². The van der Waals surface area contributed by atoms with Crippen molar-refractivity contribution in [3.8, 4) is 11.5 Å². The lowest BCUT2D eigenvalue weighted by molar-refractivity contribution is -0.383. The number of benzene rings is 2. The molecule has 4 aromatic rings. The molecule has 0 radical (unpaired) electrons. The summed E-state index contributed by atoms with van der Waals surface area (Å²) in [6.07, 6.45) is 3.02. The zero-order chi connectivity index (χ0) is 33.1. The van der Waals surface area contributed by atoms with E-state index in [1.807, 2.05) is 0 Å². The van der Waals surface area contributed by atoms with Gasteiger partial charge in [0.1, 0.15) is 35.7 Å². The first kappa shape index (κ1) is 33.9. The second-order valence-electron chi connectivity index (χ2n) is 7.22. The summed E-state index contributed by atoms with van der Waals surface area (Å²) in [6, 6.07) is 11.9. The molecule has 2 aromatic heterocycles. The van der Waals surface area contributed by atoms with E-state index in [1.165, 1.54) is 30.5 Å². The molecule has 0 aliphatic carbocycles. The Bertz CT molecular complexity index is 1570. The van der Waals surface area contributed by atoms with Crippen LogP contribution in [-0.2, 0) is 14.3 Å². The summed E-state index contributed by atoms with van der Waals surface area (Å²) in [7, 11) is -1.00. The van der Waals surface area contributed by atoms with Gasteiger partial charge in [-0.1, -0.05) is 11.6 Å². The largest absolute Gasteiger partial charge is 0.480 e. The van der Waals surface area contributed by atoms with Crippen LogP contribution in [0.1, 0.15) is 1.37 Å². The SMILES string of the molecule is O=C(CO)OCOc1ccc([N+](=O)[O-])c2cccnc12.O=C(O)CO.O=[N+]([O-])c1ccc(OCCl)c2ncccc12.[2H]CF. The van der Waals surface area contributed by atoms with Gasteiger partial charge >= 0.3 is 11.9 Å². The molecule has 0 amide bonds. The molecule has 0 aliphatic rings. The van der Waals surface area contributed by atoms with Crippen molar-refractivity contribution in [3.63, 3.8) is 0 Å². The van der Waals surface area contributed by atoms with E-state index >= 15 is 0 Å². The smallest absolute Gasteiger partial charge is 0.334 e. The second kappa shape index (κ2) is 19.0. The normalized spacial score (nSPS) is 9.91. The van der Waals surface area contributed by atoms with E-state index in [1.54, 1.807) is 30.5 Å². The lowest BCUT2D eigenvalue weighted by Gasteiger charge is -2.08. The minimum absolute atomic E-state index is 0.00465. The molecule has 0 atom stereocenters. The van der Waals surface area contributed by atoms with Crippen molar-refractivity contribution in [2.24, 2.45) is 0 Å². The third-order valence-electron chi connectivity index (χ3n) is 4.72. The number of aliphatic carboxylic acids is 1. The standard InChI is InChI=1S/C12H10N2O6.C10H7ClN2O3.C2H4O3.CH3F/c15-6-11(16)20-7-19-10-4-3-9(14(17)18)8-2-1-5-13-12(8)10;11-6-16-9-4-3-8(13(14)15)7-2-1-5-12-10(7)9;3-1-2(4)5;1-2/h1-5,15H,6-7H2;1-5H,6H2;3H,1H2,(H,4,5);1H3/i;;;1D. The van der Waals surface area contributed by atoms with Crippen LogP contribution >= 0.6 is 11.6 Å². The Labute approximate surface area is 247 Å². The molecule has 0 unspecified atom stereocenters.